The molecule has 0 heterocycles. The lowest BCUT2D eigenvalue weighted by Gasteiger charge is -2.23. The zero-order valence-electron chi connectivity index (χ0n) is 12.7. The van der Waals surface area contributed by atoms with Crippen molar-refractivity contribution in [2.45, 2.75) is 27.2 Å². The molecule has 0 bridgehead atoms. The quantitative estimate of drug-likeness (QED) is 0.665. The summed E-state index contributed by atoms with van der Waals surface area (Å²) in [6, 6.07) is 6.85. The summed E-state index contributed by atoms with van der Waals surface area (Å²) in [7, 11) is -1.42. The third-order valence-electron chi connectivity index (χ3n) is 3.57. The Balaban J connectivity index is 2.35. The summed E-state index contributed by atoms with van der Waals surface area (Å²) in [6.07, 6.45) is 1.20. The van der Waals surface area contributed by atoms with E-state index in [0.717, 1.165) is 25.4 Å². The van der Waals surface area contributed by atoms with Gasteiger partial charge >= 0.3 is 7.12 Å². The lowest BCUT2D eigenvalue weighted by molar-refractivity contribution is 0.194. The Labute approximate surface area is 122 Å². The van der Waals surface area contributed by atoms with Crippen molar-refractivity contribution in [2.24, 2.45) is 5.92 Å². The highest BCUT2D eigenvalue weighted by Crippen LogP contribution is 2.08. The van der Waals surface area contributed by atoms with Crippen molar-refractivity contribution in [3.05, 3.63) is 24.3 Å². The molecule has 0 fully saturated rings. The minimum Gasteiger partial charge on any atom is -0.492 e. The molecule has 20 heavy (non-hydrogen) atoms. The van der Waals surface area contributed by atoms with E-state index < -0.39 is 7.12 Å². The van der Waals surface area contributed by atoms with Gasteiger partial charge < -0.3 is 14.8 Å². The Kier molecular flexibility index (Phi) is 7.66. The van der Waals surface area contributed by atoms with Crippen LogP contribution >= 0.6 is 0 Å². The molecule has 1 atom stereocenters. The molecular weight excluding hydrogens is 253 g/mol. The first-order valence-electron chi connectivity index (χ1n) is 7.38. The highest BCUT2D eigenvalue weighted by Gasteiger charge is 2.10. The molecule has 0 saturated heterocycles. The van der Waals surface area contributed by atoms with E-state index in [-0.39, 0.29) is 0 Å². The molecule has 0 aliphatic carbocycles. The third kappa shape index (κ3) is 5.95. The van der Waals surface area contributed by atoms with E-state index in [0.29, 0.717) is 18.0 Å². The minimum atomic E-state index is -1.42. The summed E-state index contributed by atoms with van der Waals surface area (Å²) in [4.78, 5) is 2.39. The lowest BCUT2D eigenvalue weighted by Crippen LogP contribution is -2.32. The zero-order chi connectivity index (χ0) is 15.0. The van der Waals surface area contributed by atoms with Crippen LogP contribution in [0, 0.1) is 5.92 Å². The second-order valence-electron chi connectivity index (χ2n) is 5.20. The van der Waals surface area contributed by atoms with Gasteiger partial charge in [-0.2, -0.15) is 0 Å². The summed E-state index contributed by atoms with van der Waals surface area (Å²) in [5.74, 6) is 1.47. The van der Waals surface area contributed by atoms with Crippen molar-refractivity contribution >= 4 is 12.6 Å². The SMILES string of the molecule is CCC(C)CN(CC)CCOc1ccc(B(O)O)cc1. The largest absolute Gasteiger partial charge is 0.492 e. The predicted octanol–water partition coefficient (Wildman–Crippen LogP) is 1.11. The maximum Gasteiger partial charge on any atom is 0.488 e. The van der Waals surface area contributed by atoms with Crippen LogP contribution in [-0.2, 0) is 0 Å². The number of benzene rings is 1. The van der Waals surface area contributed by atoms with Crippen LogP contribution in [0.25, 0.3) is 0 Å². The van der Waals surface area contributed by atoms with E-state index in [1.54, 1.807) is 24.3 Å². The number of ether oxygens (including phenoxy) is 1. The van der Waals surface area contributed by atoms with Crippen molar-refractivity contribution in [1.82, 2.24) is 4.90 Å². The molecule has 1 rings (SSSR count). The summed E-state index contributed by atoms with van der Waals surface area (Å²) in [5.41, 5.74) is 0.476. The van der Waals surface area contributed by atoms with Gasteiger partial charge in [0.25, 0.3) is 0 Å². The van der Waals surface area contributed by atoms with Crippen LogP contribution in [0.4, 0.5) is 0 Å². The molecular formula is C15H26BNO3. The summed E-state index contributed by atoms with van der Waals surface area (Å²) < 4.78 is 5.68. The van der Waals surface area contributed by atoms with Gasteiger partial charge in [-0.25, -0.2) is 0 Å². The van der Waals surface area contributed by atoms with E-state index in [1.165, 1.54) is 6.42 Å². The van der Waals surface area contributed by atoms with Crippen LogP contribution in [0.1, 0.15) is 27.2 Å². The Morgan fingerprint density at radius 3 is 2.35 bits per heavy atom. The molecule has 1 aromatic rings. The third-order valence-corrected chi connectivity index (χ3v) is 3.57. The lowest BCUT2D eigenvalue weighted by atomic mass is 9.80. The maximum absolute atomic E-state index is 9.01. The van der Waals surface area contributed by atoms with E-state index >= 15 is 0 Å². The normalized spacial score (nSPS) is 12.5. The van der Waals surface area contributed by atoms with Gasteiger partial charge in [-0.05, 0) is 30.1 Å². The molecule has 112 valence electrons. The second-order valence-corrected chi connectivity index (χ2v) is 5.20. The number of rotatable bonds is 9. The fourth-order valence-corrected chi connectivity index (χ4v) is 1.98. The highest BCUT2D eigenvalue weighted by atomic mass is 16.5. The van der Waals surface area contributed by atoms with Crippen LogP contribution in [0.15, 0.2) is 24.3 Å². The molecule has 5 heteroatoms. The molecule has 2 N–H and O–H groups in total. The zero-order valence-corrected chi connectivity index (χ0v) is 12.7. The van der Waals surface area contributed by atoms with Gasteiger partial charge in [-0.15, -0.1) is 0 Å². The van der Waals surface area contributed by atoms with Gasteiger partial charge in [-0.1, -0.05) is 39.3 Å². The number of hydrogen-bond acceptors (Lipinski definition) is 4. The fourth-order valence-electron chi connectivity index (χ4n) is 1.98. The van der Waals surface area contributed by atoms with Gasteiger partial charge in [0.2, 0.25) is 0 Å². The van der Waals surface area contributed by atoms with E-state index in [9.17, 15) is 0 Å². The van der Waals surface area contributed by atoms with Gasteiger partial charge in [0.15, 0.2) is 0 Å². The molecule has 1 unspecified atom stereocenters. The smallest absolute Gasteiger partial charge is 0.488 e. The Hall–Kier alpha value is -1.04. The average Bonchev–Trinajstić information content (AvgIpc) is 2.46. The molecule has 4 nitrogen and oxygen atoms in total. The Morgan fingerprint density at radius 2 is 1.85 bits per heavy atom. The summed E-state index contributed by atoms with van der Waals surface area (Å²) in [6.45, 7) is 10.3. The first kappa shape index (κ1) is 17.0. The van der Waals surface area contributed by atoms with E-state index in [1.807, 2.05) is 0 Å². The fraction of sp³-hybridized carbons (Fsp3) is 0.600. The molecule has 0 saturated carbocycles. The van der Waals surface area contributed by atoms with Crippen LogP contribution in [0.2, 0.25) is 0 Å². The standard InChI is InChI=1S/C15H26BNO3/c1-4-13(3)12-17(5-2)10-11-20-15-8-6-14(7-9-15)16(18)19/h6-9,13,18-19H,4-5,10-12H2,1-3H3. The molecule has 0 aromatic heterocycles. The first-order chi connectivity index (χ1) is 9.56. The highest BCUT2D eigenvalue weighted by molar-refractivity contribution is 6.58. The maximum atomic E-state index is 9.01. The van der Waals surface area contributed by atoms with Crippen LogP contribution in [-0.4, -0.2) is 48.3 Å². The molecule has 0 aliphatic heterocycles. The van der Waals surface area contributed by atoms with Gasteiger partial charge in [0, 0.05) is 13.1 Å². The monoisotopic (exact) mass is 279 g/mol. The Bertz CT molecular complexity index is 370. The van der Waals surface area contributed by atoms with Gasteiger partial charge in [-0.3, -0.25) is 4.90 Å². The van der Waals surface area contributed by atoms with Gasteiger partial charge in [0.1, 0.15) is 12.4 Å². The molecule has 0 aliphatic rings. The number of nitrogens with zero attached hydrogens (tertiary/aromatic N) is 1. The molecule has 1 aromatic carbocycles. The molecule has 0 amide bonds. The van der Waals surface area contributed by atoms with E-state index in [2.05, 4.69) is 25.7 Å². The van der Waals surface area contributed by atoms with Crippen LogP contribution in [0.5, 0.6) is 5.75 Å². The van der Waals surface area contributed by atoms with Crippen molar-refractivity contribution in [2.75, 3.05) is 26.2 Å². The van der Waals surface area contributed by atoms with Crippen LogP contribution in [0.3, 0.4) is 0 Å². The van der Waals surface area contributed by atoms with Crippen molar-refractivity contribution < 1.29 is 14.8 Å². The minimum absolute atomic E-state index is 0.476. The first-order valence-corrected chi connectivity index (χ1v) is 7.38. The predicted molar refractivity (Wildman–Crippen MR) is 83.3 cm³/mol. The van der Waals surface area contributed by atoms with Gasteiger partial charge in [0.05, 0.1) is 0 Å². The summed E-state index contributed by atoms with van der Waals surface area (Å²) in [5, 5.41) is 18.0. The molecule has 0 spiro atoms. The second kappa shape index (κ2) is 9.00. The van der Waals surface area contributed by atoms with Crippen molar-refractivity contribution in [1.29, 1.82) is 0 Å². The average molecular weight is 279 g/mol. The van der Waals surface area contributed by atoms with E-state index in [4.69, 9.17) is 14.8 Å². The van der Waals surface area contributed by atoms with Crippen molar-refractivity contribution in [3.8, 4) is 5.75 Å². The Morgan fingerprint density at radius 1 is 1.20 bits per heavy atom. The molecule has 0 radical (unpaired) electrons. The van der Waals surface area contributed by atoms with Crippen LogP contribution < -0.4 is 10.2 Å². The number of likely N-dealkylation sites (N-methyl/N-ethyl adjacent to an activating group) is 1. The topological polar surface area (TPSA) is 52.9 Å². The summed E-state index contributed by atoms with van der Waals surface area (Å²) >= 11 is 0. The number of hydrogen-bond donors (Lipinski definition) is 2. The van der Waals surface area contributed by atoms with Crippen molar-refractivity contribution in [3.63, 3.8) is 0 Å².